The molecule has 0 aliphatic carbocycles. The summed E-state index contributed by atoms with van der Waals surface area (Å²) in [5.41, 5.74) is 2.64. The number of nitro benzene ring substituents is 1. The van der Waals surface area contributed by atoms with E-state index in [2.05, 4.69) is 21.8 Å². The Balaban J connectivity index is 1.65. The average Bonchev–Trinajstić information content (AvgIpc) is 2.99. The first-order valence-electron chi connectivity index (χ1n) is 8.43. The maximum atomic E-state index is 10.9. The second kappa shape index (κ2) is 6.30. The molecule has 26 heavy (non-hydrogen) atoms. The zero-order valence-electron chi connectivity index (χ0n) is 14.4. The zero-order valence-corrected chi connectivity index (χ0v) is 14.4. The normalized spacial score (nSPS) is 15.5. The molecule has 2 heterocycles. The molecule has 134 valence electrons. The Labute approximate surface area is 150 Å². The molecule has 1 N–H and O–H groups in total. The van der Waals surface area contributed by atoms with Gasteiger partial charge in [-0.2, -0.15) is 4.73 Å². The van der Waals surface area contributed by atoms with Crippen molar-refractivity contribution in [1.29, 1.82) is 0 Å². The summed E-state index contributed by atoms with van der Waals surface area (Å²) >= 11 is 0. The number of fused-ring (bicyclic) bond motifs is 1. The van der Waals surface area contributed by atoms with Crippen molar-refractivity contribution in [2.75, 3.05) is 38.1 Å². The third kappa shape index (κ3) is 2.84. The number of non-ortho nitro benzene ring substituents is 1. The standard InChI is InChI=1S/C18H19N5O3/c1-20-8-10-21(11-9-20)14-4-2-13(3-5-14)18-19-16-7-6-15(23(25)26)12-17(16)22(18)24/h2-7,12,24H,8-11H2,1H3. The van der Waals surface area contributed by atoms with Crippen LogP contribution in [0.3, 0.4) is 0 Å². The van der Waals surface area contributed by atoms with Gasteiger partial charge in [-0.15, -0.1) is 0 Å². The van der Waals surface area contributed by atoms with Gasteiger partial charge in [-0.25, -0.2) is 4.98 Å². The number of piperazine rings is 1. The van der Waals surface area contributed by atoms with E-state index in [-0.39, 0.29) is 5.69 Å². The predicted octanol–water partition coefficient (Wildman–Crippen LogP) is 2.60. The molecule has 1 aliphatic rings. The van der Waals surface area contributed by atoms with E-state index in [0.29, 0.717) is 16.9 Å². The predicted molar refractivity (Wildman–Crippen MR) is 98.7 cm³/mol. The maximum absolute atomic E-state index is 10.9. The molecule has 0 unspecified atom stereocenters. The maximum Gasteiger partial charge on any atom is 0.271 e. The largest absolute Gasteiger partial charge is 0.426 e. The minimum absolute atomic E-state index is 0.0790. The molecular weight excluding hydrogens is 334 g/mol. The van der Waals surface area contributed by atoms with E-state index in [1.165, 1.54) is 12.1 Å². The van der Waals surface area contributed by atoms with Gasteiger partial charge in [-0.3, -0.25) is 10.1 Å². The van der Waals surface area contributed by atoms with Crippen LogP contribution in [-0.2, 0) is 0 Å². The highest BCUT2D eigenvalue weighted by Gasteiger charge is 2.17. The second-order valence-corrected chi connectivity index (χ2v) is 6.51. The van der Waals surface area contributed by atoms with E-state index >= 15 is 0 Å². The van der Waals surface area contributed by atoms with E-state index < -0.39 is 4.92 Å². The molecule has 1 saturated heterocycles. The highest BCUT2D eigenvalue weighted by Crippen LogP contribution is 2.28. The topological polar surface area (TPSA) is 87.7 Å². The van der Waals surface area contributed by atoms with E-state index in [9.17, 15) is 15.3 Å². The van der Waals surface area contributed by atoms with Crippen molar-refractivity contribution in [1.82, 2.24) is 14.6 Å². The van der Waals surface area contributed by atoms with Crippen molar-refractivity contribution in [2.45, 2.75) is 0 Å². The molecule has 1 aromatic heterocycles. The molecule has 3 aromatic rings. The Morgan fingerprint density at radius 2 is 1.77 bits per heavy atom. The SMILES string of the molecule is CN1CCN(c2ccc(-c3nc4ccc([N+](=O)[O-])cc4n3O)cc2)CC1. The van der Waals surface area contributed by atoms with Crippen molar-refractivity contribution >= 4 is 22.4 Å². The summed E-state index contributed by atoms with van der Waals surface area (Å²) in [6.07, 6.45) is 0. The number of anilines is 1. The van der Waals surface area contributed by atoms with Crippen LogP contribution in [0, 0.1) is 10.1 Å². The first-order valence-corrected chi connectivity index (χ1v) is 8.43. The number of aromatic nitrogens is 2. The Bertz CT molecular complexity index is 959. The van der Waals surface area contributed by atoms with Crippen molar-refractivity contribution in [3.63, 3.8) is 0 Å². The summed E-state index contributed by atoms with van der Waals surface area (Å²) in [7, 11) is 2.12. The van der Waals surface area contributed by atoms with Crippen molar-refractivity contribution in [3.8, 4) is 11.4 Å². The van der Waals surface area contributed by atoms with Gasteiger partial charge in [0.1, 0.15) is 5.52 Å². The van der Waals surface area contributed by atoms with Crippen LogP contribution in [0.1, 0.15) is 0 Å². The number of hydrogen-bond acceptors (Lipinski definition) is 6. The summed E-state index contributed by atoms with van der Waals surface area (Å²) in [5, 5.41) is 21.3. The lowest BCUT2D eigenvalue weighted by Gasteiger charge is -2.34. The van der Waals surface area contributed by atoms with Gasteiger partial charge in [0, 0.05) is 49.6 Å². The minimum Gasteiger partial charge on any atom is -0.426 e. The van der Waals surface area contributed by atoms with Crippen molar-refractivity contribution in [3.05, 3.63) is 52.6 Å². The molecular formula is C18H19N5O3. The fraction of sp³-hybridized carbons (Fsp3) is 0.278. The molecule has 2 aromatic carbocycles. The molecule has 0 saturated carbocycles. The highest BCUT2D eigenvalue weighted by molar-refractivity contribution is 5.82. The molecule has 0 radical (unpaired) electrons. The Morgan fingerprint density at radius 1 is 1.08 bits per heavy atom. The number of nitro groups is 1. The lowest BCUT2D eigenvalue weighted by Crippen LogP contribution is -2.44. The molecule has 1 fully saturated rings. The quantitative estimate of drug-likeness (QED) is 0.442. The van der Waals surface area contributed by atoms with Crippen LogP contribution in [0.4, 0.5) is 11.4 Å². The molecule has 0 spiro atoms. The fourth-order valence-electron chi connectivity index (χ4n) is 3.24. The van der Waals surface area contributed by atoms with Gasteiger partial charge >= 0.3 is 0 Å². The monoisotopic (exact) mass is 353 g/mol. The summed E-state index contributed by atoms with van der Waals surface area (Å²) < 4.78 is 0.910. The molecule has 8 nitrogen and oxygen atoms in total. The number of imidazole rings is 1. The average molecular weight is 353 g/mol. The van der Waals surface area contributed by atoms with Gasteiger partial charge in [0.2, 0.25) is 0 Å². The van der Waals surface area contributed by atoms with Crippen LogP contribution in [0.25, 0.3) is 22.4 Å². The molecule has 0 bridgehead atoms. The summed E-state index contributed by atoms with van der Waals surface area (Å²) in [5.74, 6) is 0.366. The number of benzene rings is 2. The molecule has 0 amide bonds. The first kappa shape index (κ1) is 16.3. The smallest absolute Gasteiger partial charge is 0.271 e. The number of nitrogens with zero attached hydrogens (tertiary/aromatic N) is 5. The molecule has 1 aliphatic heterocycles. The van der Waals surface area contributed by atoms with Gasteiger partial charge < -0.3 is 15.0 Å². The Kier molecular flexibility index (Phi) is 3.96. The Morgan fingerprint density at radius 3 is 2.42 bits per heavy atom. The lowest BCUT2D eigenvalue weighted by atomic mass is 10.1. The van der Waals surface area contributed by atoms with Gasteiger partial charge in [-0.1, -0.05) is 0 Å². The summed E-state index contributed by atoms with van der Waals surface area (Å²) in [6, 6.07) is 12.1. The summed E-state index contributed by atoms with van der Waals surface area (Å²) in [4.78, 5) is 19.5. The van der Waals surface area contributed by atoms with Crippen LogP contribution >= 0.6 is 0 Å². The minimum atomic E-state index is -0.489. The molecule has 8 heteroatoms. The van der Waals surface area contributed by atoms with E-state index in [0.717, 1.165) is 42.2 Å². The van der Waals surface area contributed by atoms with Gasteiger partial charge in [0.05, 0.1) is 10.4 Å². The van der Waals surface area contributed by atoms with Gasteiger partial charge in [0.25, 0.3) is 5.69 Å². The summed E-state index contributed by atoms with van der Waals surface area (Å²) in [6.45, 7) is 4.04. The van der Waals surface area contributed by atoms with E-state index in [1.54, 1.807) is 6.07 Å². The molecule has 0 atom stereocenters. The number of likely N-dealkylation sites (N-methyl/N-ethyl adjacent to an activating group) is 1. The van der Waals surface area contributed by atoms with Crippen LogP contribution in [0.15, 0.2) is 42.5 Å². The lowest BCUT2D eigenvalue weighted by molar-refractivity contribution is -0.384. The zero-order chi connectivity index (χ0) is 18.3. The van der Waals surface area contributed by atoms with Crippen LogP contribution in [0.5, 0.6) is 0 Å². The highest BCUT2D eigenvalue weighted by atomic mass is 16.6. The third-order valence-corrected chi connectivity index (χ3v) is 4.82. The second-order valence-electron chi connectivity index (χ2n) is 6.51. The third-order valence-electron chi connectivity index (χ3n) is 4.82. The Hall–Kier alpha value is -3.13. The number of hydrogen-bond donors (Lipinski definition) is 1. The van der Waals surface area contributed by atoms with Crippen molar-refractivity contribution < 1.29 is 10.1 Å². The fourth-order valence-corrected chi connectivity index (χ4v) is 3.24. The van der Waals surface area contributed by atoms with E-state index in [4.69, 9.17) is 0 Å². The number of rotatable bonds is 3. The van der Waals surface area contributed by atoms with Gasteiger partial charge in [0.15, 0.2) is 5.82 Å². The van der Waals surface area contributed by atoms with Crippen molar-refractivity contribution in [2.24, 2.45) is 0 Å². The first-order chi connectivity index (χ1) is 12.5. The van der Waals surface area contributed by atoms with Gasteiger partial charge in [-0.05, 0) is 37.4 Å². The van der Waals surface area contributed by atoms with Crippen LogP contribution in [0.2, 0.25) is 0 Å². The molecule has 4 rings (SSSR count). The van der Waals surface area contributed by atoms with Crippen LogP contribution in [-0.4, -0.2) is 58.0 Å². The van der Waals surface area contributed by atoms with Crippen LogP contribution < -0.4 is 4.90 Å². The van der Waals surface area contributed by atoms with E-state index in [1.807, 2.05) is 24.3 Å².